The number of para-hydroxylation sites is 1. The second-order valence-corrected chi connectivity index (χ2v) is 13.9. The highest BCUT2D eigenvalue weighted by Crippen LogP contribution is 2.44. The van der Waals surface area contributed by atoms with Gasteiger partial charge in [-0.15, -0.1) is 11.3 Å². The summed E-state index contributed by atoms with van der Waals surface area (Å²) in [7, 11) is 0. The lowest BCUT2D eigenvalue weighted by Gasteiger charge is -2.18. The summed E-state index contributed by atoms with van der Waals surface area (Å²) in [5.74, 6) is 0.999. The molecule has 4 heteroatoms. The highest BCUT2D eigenvalue weighted by atomic mass is 32.1. The van der Waals surface area contributed by atoms with E-state index in [1.807, 2.05) is 11.3 Å². The van der Waals surface area contributed by atoms with E-state index in [4.69, 9.17) is 9.97 Å². The van der Waals surface area contributed by atoms with Gasteiger partial charge < -0.3 is 0 Å². The predicted molar refractivity (Wildman–Crippen MR) is 204 cm³/mol. The maximum atomic E-state index is 5.41. The minimum Gasteiger partial charge on any atom is -0.278 e. The summed E-state index contributed by atoms with van der Waals surface area (Å²) in [5.41, 5.74) is 9.38. The van der Waals surface area contributed by atoms with E-state index in [9.17, 15) is 0 Å². The van der Waals surface area contributed by atoms with E-state index in [2.05, 4.69) is 150 Å². The van der Waals surface area contributed by atoms with Crippen LogP contribution in [0.15, 0.2) is 146 Å². The van der Waals surface area contributed by atoms with Crippen molar-refractivity contribution in [1.29, 1.82) is 0 Å². The van der Waals surface area contributed by atoms with Crippen LogP contribution in [0.5, 0.6) is 0 Å². The molecule has 0 fully saturated rings. The third kappa shape index (κ3) is 4.33. The van der Waals surface area contributed by atoms with Gasteiger partial charge in [0.25, 0.3) is 0 Å². The molecule has 0 bridgehead atoms. The number of thiophene rings is 1. The van der Waals surface area contributed by atoms with Gasteiger partial charge >= 0.3 is 0 Å². The van der Waals surface area contributed by atoms with Crippen molar-refractivity contribution in [2.24, 2.45) is 0 Å². The van der Waals surface area contributed by atoms with Gasteiger partial charge in [-0.1, -0.05) is 121 Å². The van der Waals surface area contributed by atoms with E-state index in [0.717, 1.165) is 52.8 Å². The van der Waals surface area contributed by atoms with Crippen molar-refractivity contribution in [3.05, 3.63) is 162 Å². The third-order valence-corrected chi connectivity index (χ3v) is 11.2. The topological polar surface area (TPSA) is 30.7 Å². The maximum Gasteiger partial charge on any atom is 0.235 e. The lowest BCUT2D eigenvalue weighted by molar-refractivity contribution is 0.857. The summed E-state index contributed by atoms with van der Waals surface area (Å²) in [6, 6.07) is 39.6. The molecule has 0 saturated carbocycles. The number of aromatic nitrogens is 3. The Morgan fingerprint density at radius 3 is 2.44 bits per heavy atom. The van der Waals surface area contributed by atoms with Gasteiger partial charge in [0.05, 0.1) is 22.2 Å². The molecular formula is C44H31N3S. The second-order valence-electron chi connectivity index (χ2n) is 12.8. The third-order valence-electron chi connectivity index (χ3n) is 10.0. The highest BCUT2D eigenvalue weighted by Gasteiger charge is 2.22. The molecule has 3 nitrogen and oxygen atoms in total. The van der Waals surface area contributed by atoms with Crippen molar-refractivity contribution >= 4 is 75.4 Å². The van der Waals surface area contributed by atoms with E-state index in [0.29, 0.717) is 0 Å². The summed E-state index contributed by atoms with van der Waals surface area (Å²) < 4.78 is 4.96. The molecule has 1 unspecified atom stereocenters. The van der Waals surface area contributed by atoms with Crippen LogP contribution in [0.4, 0.5) is 0 Å². The van der Waals surface area contributed by atoms with E-state index in [1.54, 1.807) is 0 Å². The van der Waals surface area contributed by atoms with Crippen LogP contribution in [-0.4, -0.2) is 14.5 Å². The molecule has 0 spiro atoms. The SMILES string of the molecule is C1=CCCC(c2nc(-n3c4cc(C5C=C(c6ccccc6)C=CC5)ccc4c4c5sc6ccccc6c5ccc43)nc3ccccc23)=C1. The summed E-state index contributed by atoms with van der Waals surface area (Å²) in [6.45, 7) is 0. The van der Waals surface area contributed by atoms with Crippen molar-refractivity contribution in [3.63, 3.8) is 0 Å². The van der Waals surface area contributed by atoms with E-state index in [1.165, 1.54) is 53.2 Å². The van der Waals surface area contributed by atoms with Crippen LogP contribution in [0.1, 0.15) is 42.0 Å². The Morgan fingerprint density at radius 1 is 0.708 bits per heavy atom. The highest BCUT2D eigenvalue weighted by molar-refractivity contribution is 7.26. The smallest absolute Gasteiger partial charge is 0.235 e. The van der Waals surface area contributed by atoms with Gasteiger partial charge in [-0.25, -0.2) is 9.97 Å². The largest absolute Gasteiger partial charge is 0.278 e. The van der Waals surface area contributed by atoms with Crippen LogP contribution in [0.2, 0.25) is 0 Å². The Bertz CT molecular complexity index is 2700. The Labute approximate surface area is 282 Å². The molecular weight excluding hydrogens is 603 g/mol. The standard InChI is InChI=1S/C44H31N3S/c1-3-12-28(13-4-1)30-16-11-17-31(26-30)32-22-23-36-39(27-32)47(38-25-24-34-33-18-8-10-21-40(33)48-43(34)41(36)38)44-45-37-20-9-7-19-35(37)42(46-44)29-14-5-2-6-15-29/h1-5,7-14,16,18-27,31H,6,15,17H2. The number of benzene rings is 5. The minimum atomic E-state index is 0.276. The molecule has 228 valence electrons. The van der Waals surface area contributed by atoms with Crippen molar-refractivity contribution in [1.82, 2.24) is 14.5 Å². The fourth-order valence-corrected chi connectivity index (χ4v) is 8.95. The maximum absolute atomic E-state index is 5.41. The summed E-state index contributed by atoms with van der Waals surface area (Å²) in [5, 5.41) is 6.23. The zero-order valence-electron chi connectivity index (χ0n) is 26.3. The lowest BCUT2D eigenvalue weighted by atomic mass is 9.87. The normalized spacial score (nSPS) is 16.4. The molecule has 0 N–H and O–H groups in total. The average molecular weight is 634 g/mol. The van der Waals surface area contributed by atoms with Crippen molar-refractivity contribution in [2.75, 3.05) is 0 Å². The van der Waals surface area contributed by atoms with E-state index >= 15 is 0 Å². The molecule has 3 aromatic heterocycles. The van der Waals surface area contributed by atoms with Crippen LogP contribution < -0.4 is 0 Å². The van der Waals surface area contributed by atoms with Gasteiger partial charge in [-0.05, 0) is 65.8 Å². The number of hydrogen-bond acceptors (Lipinski definition) is 3. The Kier molecular flexibility index (Phi) is 6.31. The van der Waals surface area contributed by atoms with Gasteiger partial charge in [0.2, 0.25) is 5.95 Å². The zero-order chi connectivity index (χ0) is 31.6. The summed E-state index contributed by atoms with van der Waals surface area (Å²) in [6.07, 6.45) is 16.6. The first-order valence-corrected chi connectivity index (χ1v) is 17.6. The number of rotatable bonds is 4. The monoisotopic (exact) mass is 633 g/mol. The average Bonchev–Trinajstić information content (AvgIpc) is 3.70. The number of nitrogens with zero attached hydrogens (tertiary/aromatic N) is 3. The van der Waals surface area contributed by atoms with Gasteiger partial charge in [0, 0.05) is 42.2 Å². The number of hydrogen-bond donors (Lipinski definition) is 0. The Hall–Kier alpha value is -5.58. The first-order chi connectivity index (χ1) is 23.8. The first kappa shape index (κ1) is 27.5. The molecule has 2 aliphatic carbocycles. The molecule has 3 heterocycles. The van der Waals surface area contributed by atoms with E-state index in [-0.39, 0.29) is 5.92 Å². The fraction of sp³-hybridized carbons (Fsp3) is 0.0909. The molecule has 0 amide bonds. The minimum absolute atomic E-state index is 0.276. The molecule has 1 atom stereocenters. The van der Waals surface area contributed by atoms with Crippen molar-refractivity contribution < 1.29 is 0 Å². The summed E-state index contributed by atoms with van der Waals surface area (Å²) in [4.78, 5) is 10.7. The molecule has 2 aliphatic rings. The Morgan fingerprint density at radius 2 is 1.54 bits per heavy atom. The zero-order valence-corrected chi connectivity index (χ0v) is 27.1. The van der Waals surface area contributed by atoms with Gasteiger partial charge in [0.15, 0.2) is 0 Å². The molecule has 5 aromatic carbocycles. The Balaban J connectivity index is 1.26. The van der Waals surface area contributed by atoms with Crippen LogP contribution >= 0.6 is 11.3 Å². The van der Waals surface area contributed by atoms with Crippen molar-refractivity contribution in [3.8, 4) is 5.95 Å². The van der Waals surface area contributed by atoms with Crippen LogP contribution in [-0.2, 0) is 0 Å². The molecule has 0 radical (unpaired) electrons. The lowest BCUT2D eigenvalue weighted by Crippen LogP contribution is -2.06. The van der Waals surface area contributed by atoms with Crippen LogP contribution in [0, 0.1) is 0 Å². The van der Waals surface area contributed by atoms with Gasteiger partial charge in [0.1, 0.15) is 0 Å². The number of allylic oxidation sites excluding steroid dienone is 8. The van der Waals surface area contributed by atoms with Gasteiger partial charge in [-0.3, -0.25) is 4.57 Å². The molecule has 10 rings (SSSR count). The molecule has 8 aromatic rings. The molecule has 48 heavy (non-hydrogen) atoms. The summed E-state index contributed by atoms with van der Waals surface area (Å²) >= 11 is 1.88. The number of fused-ring (bicyclic) bond motifs is 8. The van der Waals surface area contributed by atoms with Gasteiger partial charge in [-0.2, -0.15) is 0 Å². The first-order valence-electron chi connectivity index (χ1n) is 16.8. The quantitative estimate of drug-likeness (QED) is 0.193. The van der Waals surface area contributed by atoms with E-state index < -0.39 is 0 Å². The van der Waals surface area contributed by atoms with Crippen LogP contribution in [0.3, 0.4) is 0 Å². The molecule has 0 saturated heterocycles. The predicted octanol–water partition coefficient (Wildman–Crippen LogP) is 12.0. The molecule has 0 aliphatic heterocycles. The second kappa shape index (κ2) is 11.0. The van der Waals surface area contributed by atoms with Crippen LogP contribution in [0.25, 0.3) is 70.0 Å². The fourth-order valence-electron chi connectivity index (χ4n) is 7.69. The van der Waals surface area contributed by atoms with Crippen molar-refractivity contribution in [2.45, 2.75) is 25.2 Å².